The Labute approximate surface area is 142 Å². The van der Waals surface area contributed by atoms with Crippen LogP contribution in [0.5, 0.6) is 0 Å². The van der Waals surface area contributed by atoms with E-state index < -0.39 is 6.04 Å². The lowest BCUT2D eigenvalue weighted by molar-refractivity contribution is -0.149. The van der Waals surface area contributed by atoms with Crippen LogP contribution < -0.4 is 0 Å². The molecule has 1 saturated heterocycles. The van der Waals surface area contributed by atoms with Crippen LogP contribution in [0.2, 0.25) is 0 Å². The molecule has 0 unspecified atom stereocenters. The molecule has 0 bridgehead atoms. The quantitative estimate of drug-likeness (QED) is 0.790. The van der Waals surface area contributed by atoms with E-state index in [2.05, 4.69) is 10.3 Å². The van der Waals surface area contributed by atoms with Crippen molar-refractivity contribution in [3.8, 4) is 0 Å². The van der Waals surface area contributed by atoms with Crippen molar-refractivity contribution in [2.24, 2.45) is 0 Å². The predicted molar refractivity (Wildman–Crippen MR) is 87.5 cm³/mol. The number of carbonyl (C=O) groups excluding carboxylic acids is 2. The zero-order chi connectivity index (χ0) is 16.9. The smallest absolute Gasteiger partial charge is 0.328 e. The second kappa shape index (κ2) is 7.77. The molecule has 1 aliphatic carbocycles. The fourth-order valence-electron chi connectivity index (χ4n) is 3.70. The van der Waals surface area contributed by atoms with Gasteiger partial charge in [-0.15, -0.1) is 5.10 Å². The van der Waals surface area contributed by atoms with Crippen LogP contribution in [0.25, 0.3) is 0 Å². The van der Waals surface area contributed by atoms with Crippen LogP contribution in [0, 0.1) is 0 Å². The molecule has 2 aliphatic rings. The number of rotatable bonds is 4. The normalized spacial score (nSPS) is 22.4. The van der Waals surface area contributed by atoms with E-state index in [1.165, 1.54) is 19.3 Å². The van der Waals surface area contributed by atoms with E-state index in [-0.39, 0.29) is 11.9 Å². The zero-order valence-electron chi connectivity index (χ0n) is 14.3. The molecule has 7 heteroatoms. The summed E-state index contributed by atoms with van der Waals surface area (Å²) < 4.78 is 6.95. The third kappa shape index (κ3) is 3.60. The van der Waals surface area contributed by atoms with Gasteiger partial charge >= 0.3 is 5.97 Å². The van der Waals surface area contributed by atoms with Gasteiger partial charge in [0.1, 0.15) is 6.04 Å². The molecule has 132 valence electrons. The lowest BCUT2D eigenvalue weighted by Crippen LogP contribution is -2.48. The van der Waals surface area contributed by atoms with E-state index in [9.17, 15) is 9.59 Å². The first-order valence-electron chi connectivity index (χ1n) is 9.10. The molecule has 2 fully saturated rings. The molecule has 0 aromatic carbocycles. The van der Waals surface area contributed by atoms with Crippen molar-refractivity contribution in [3.05, 3.63) is 11.9 Å². The minimum absolute atomic E-state index is 0.213. The number of hydrogen-bond acceptors (Lipinski definition) is 5. The summed E-state index contributed by atoms with van der Waals surface area (Å²) in [6, 6.07) is -0.152. The fraction of sp³-hybridized carbons (Fsp3) is 0.765. The SMILES string of the molecule is CCOC(=O)[C@H]1CCCCN1C(=O)c1cn(C2CCCCC2)nn1. The van der Waals surface area contributed by atoms with E-state index in [1.54, 1.807) is 18.0 Å². The van der Waals surface area contributed by atoms with Crippen LogP contribution in [0.4, 0.5) is 0 Å². The van der Waals surface area contributed by atoms with Gasteiger partial charge < -0.3 is 9.64 Å². The Balaban J connectivity index is 1.72. The minimum atomic E-state index is -0.494. The van der Waals surface area contributed by atoms with E-state index >= 15 is 0 Å². The summed E-state index contributed by atoms with van der Waals surface area (Å²) in [4.78, 5) is 26.6. The molecule has 1 amide bonds. The standard InChI is InChI=1S/C17H26N4O3/c1-2-24-17(23)15-10-6-7-11-20(15)16(22)14-12-21(19-18-14)13-8-4-3-5-9-13/h12-13,15H,2-11H2,1H3/t15-/m1/s1. The highest BCUT2D eigenvalue weighted by Gasteiger charge is 2.35. The van der Waals surface area contributed by atoms with Crippen LogP contribution in [-0.2, 0) is 9.53 Å². The van der Waals surface area contributed by atoms with Gasteiger partial charge in [-0.3, -0.25) is 4.79 Å². The van der Waals surface area contributed by atoms with Gasteiger partial charge in [0.2, 0.25) is 0 Å². The summed E-state index contributed by atoms with van der Waals surface area (Å²) in [5, 5.41) is 8.24. The van der Waals surface area contributed by atoms with Crippen molar-refractivity contribution in [3.63, 3.8) is 0 Å². The topological polar surface area (TPSA) is 77.3 Å². The van der Waals surface area contributed by atoms with Crippen molar-refractivity contribution in [2.45, 2.75) is 70.4 Å². The molecule has 1 aliphatic heterocycles. The Kier molecular flexibility index (Phi) is 5.48. The van der Waals surface area contributed by atoms with E-state index in [1.807, 2.05) is 4.68 Å². The molecule has 1 aromatic rings. The molecule has 0 radical (unpaired) electrons. The van der Waals surface area contributed by atoms with Gasteiger partial charge in [0.05, 0.1) is 18.8 Å². The first kappa shape index (κ1) is 16.9. The second-order valence-corrected chi connectivity index (χ2v) is 6.64. The first-order valence-corrected chi connectivity index (χ1v) is 9.10. The Hall–Kier alpha value is -1.92. The van der Waals surface area contributed by atoms with Crippen LogP contribution in [0.1, 0.15) is 74.8 Å². The monoisotopic (exact) mass is 334 g/mol. The van der Waals surface area contributed by atoms with Gasteiger partial charge in [0.25, 0.3) is 5.91 Å². The average molecular weight is 334 g/mol. The second-order valence-electron chi connectivity index (χ2n) is 6.64. The minimum Gasteiger partial charge on any atom is -0.464 e. The summed E-state index contributed by atoms with van der Waals surface area (Å²) in [6.07, 6.45) is 10.1. The molecule has 1 saturated carbocycles. The maximum absolute atomic E-state index is 12.8. The molecule has 0 N–H and O–H groups in total. The Morgan fingerprint density at radius 1 is 1.17 bits per heavy atom. The van der Waals surface area contributed by atoms with E-state index in [4.69, 9.17) is 4.74 Å². The molecule has 1 atom stereocenters. The number of amides is 1. The number of piperidine rings is 1. The summed E-state index contributed by atoms with van der Waals surface area (Å²) in [5.74, 6) is -0.528. The van der Waals surface area contributed by atoms with Crippen LogP contribution in [-0.4, -0.2) is 51.0 Å². The van der Waals surface area contributed by atoms with E-state index in [0.717, 1.165) is 25.7 Å². The molecular formula is C17H26N4O3. The molecule has 24 heavy (non-hydrogen) atoms. The highest BCUT2D eigenvalue weighted by atomic mass is 16.5. The predicted octanol–water partition coefficient (Wildman–Crippen LogP) is 2.34. The third-order valence-corrected chi connectivity index (χ3v) is 5.00. The molecule has 1 aromatic heterocycles. The van der Waals surface area contributed by atoms with Crippen molar-refractivity contribution >= 4 is 11.9 Å². The van der Waals surface area contributed by atoms with Crippen LogP contribution in [0.3, 0.4) is 0 Å². The van der Waals surface area contributed by atoms with Crippen molar-refractivity contribution in [2.75, 3.05) is 13.2 Å². The lowest BCUT2D eigenvalue weighted by atomic mass is 9.96. The summed E-state index contributed by atoms with van der Waals surface area (Å²) >= 11 is 0. The summed E-state index contributed by atoms with van der Waals surface area (Å²) in [5.41, 5.74) is 0.330. The van der Waals surface area contributed by atoms with E-state index in [0.29, 0.717) is 31.3 Å². The average Bonchev–Trinajstić information content (AvgIpc) is 3.12. The van der Waals surface area contributed by atoms with Gasteiger partial charge in [0, 0.05) is 6.54 Å². The summed E-state index contributed by atoms with van der Waals surface area (Å²) in [6.45, 7) is 2.68. The lowest BCUT2D eigenvalue weighted by Gasteiger charge is -2.33. The number of aromatic nitrogens is 3. The number of hydrogen-bond donors (Lipinski definition) is 0. The van der Waals surface area contributed by atoms with Gasteiger partial charge in [0.15, 0.2) is 5.69 Å². The largest absolute Gasteiger partial charge is 0.464 e. The Morgan fingerprint density at radius 3 is 2.67 bits per heavy atom. The molecule has 2 heterocycles. The van der Waals surface area contributed by atoms with Crippen LogP contribution in [0.15, 0.2) is 6.20 Å². The fourth-order valence-corrected chi connectivity index (χ4v) is 3.70. The Bertz CT molecular complexity index is 580. The highest BCUT2D eigenvalue weighted by Crippen LogP contribution is 2.27. The van der Waals surface area contributed by atoms with Gasteiger partial charge in [-0.25, -0.2) is 9.48 Å². The molecule has 3 rings (SSSR count). The number of nitrogens with zero attached hydrogens (tertiary/aromatic N) is 4. The van der Waals surface area contributed by atoms with Crippen molar-refractivity contribution in [1.29, 1.82) is 0 Å². The third-order valence-electron chi connectivity index (χ3n) is 5.00. The maximum Gasteiger partial charge on any atom is 0.328 e. The van der Waals surface area contributed by atoms with Gasteiger partial charge in [-0.2, -0.15) is 0 Å². The van der Waals surface area contributed by atoms with Gasteiger partial charge in [-0.05, 0) is 39.0 Å². The zero-order valence-corrected chi connectivity index (χ0v) is 14.3. The van der Waals surface area contributed by atoms with Crippen LogP contribution >= 0.6 is 0 Å². The van der Waals surface area contributed by atoms with Gasteiger partial charge in [-0.1, -0.05) is 24.5 Å². The number of ether oxygens (including phenoxy) is 1. The molecular weight excluding hydrogens is 308 g/mol. The number of likely N-dealkylation sites (tertiary alicyclic amines) is 1. The molecule has 0 spiro atoms. The number of carbonyl (C=O) groups is 2. The molecule has 7 nitrogen and oxygen atoms in total. The van der Waals surface area contributed by atoms with Crippen molar-refractivity contribution in [1.82, 2.24) is 19.9 Å². The first-order chi connectivity index (χ1) is 11.7. The van der Waals surface area contributed by atoms with Crippen molar-refractivity contribution < 1.29 is 14.3 Å². The Morgan fingerprint density at radius 2 is 1.92 bits per heavy atom. The highest BCUT2D eigenvalue weighted by molar-refractivity contribution is 5.95. The maximum atomic E-state index is 12.8. The number of esters is 1. The summed E-state index contributed by atoms with van der Waals surface area (Å²) in [7, 11) is 0.